The first-order valence-corrected chi connectivity index (χ1v) is 10.6. The number of hydrogen-bond acceptors (Lipinski definition) is 7. The van der Waals surface area contributed by atoms with Crippen LogP contribution in [0.4, 0.5) is 11.6 Å². The van der Waals surface area contributed by atoms with Gasteiger partial charge in [0.1, 0.15) is 5.82 Å². The van der Waals surface area contributed by atoms with E-state index in [9.17, 15) is 0 Å². The van der Waals surface area contributed by atoms with Crippen molar-refractivity contribution in [2.75, 3.05) is 19.4 Å². The second kappa shape index (κ2) is 7.38. The molecule has 6 aromatic rings. The average molecular weight is 438 g/mol. The van der Waals surface area contributed by atoms with Crippen molar-refractivity contribution >= 4 is 39.2 Å². The van der Waals surface area contributed by atoms with E-state index in [1.165, 1.54) is 0 Å². The molecule has 0 atom stereocenters. The van der Waals surface area contributed by atoms with Gasteiger partial charge >= 0.3 is 0 Å². The van der Waals surface area contributed by atoms with Gasteiger partial charge in [0.05, 0.1) is 47.4 Å². The van der Waals surface area contributed by atoms with Crippen molar-refractivity contribution in [3.8, 4) is 11.3 Å². The van der Waals surface area contributed by atoms with Crippen molar-refractivity contribution in [2.24, 2.45) is 7.05 Å². The van der Waals surface area contributed by atoms with Gasteiger partial charge in [-0.25, -0.2) is 9.50 Å². The van der Waals surface area contributed by atoms with E-state index in [1.807, 2.05) is 56.3 Å². The van der Waals surface area contributed by atoms with Crippen molar-refractivity contribution < 1.29 is 0 Å². The van der Waals surface area contributed by atoms with E-state index < -0.39 is 0 Å². The molecule has 0 saturated heterocycles. The van der Waals surface area contributed by atoms with Gasteiger partial charge in [-0.1, -0.05) is 6.07 Å². The second-order valence-electron chi connectivity index (χ2n) is 8.32. The van der Waals surface area contributed by atoms with Crippen LogP contribution in [0, 0.1) is 0 Å². The summed E-state index contributed by atoms with van der Waals surface area (Å²) in [6.45, 7) is 0.756. The Labute approximate surface area is 188 Å². The molecular formula is C23H22N10. The zero-order chi connectivity index (χ0) is 22.5. The first-order chi connectivity index (χ1) is 16.0. The summed E-state index contributed by atoms with van der Waals surface area (Å²) in [5.41, 5.74) is 6.36. The maximum absolute atomic E-state index is 4.70. The van der Waals surface area contributed by atoms with Crippen LogP contribution < -0.4 is 5.32 Å². The monoisotopic (exact) mass is 438 g/mol. The van der Waals surface area contributed by atoms with Gasteiger partial charge in [0.2, 0.25) is 5.95 Å². The third-order valence-corrected chi connectivity index (χ3v) is 5.54. The largest absolute Gasteiger partial charge is 0.341 e. The van der Waals surface area contributed by atoms with E-state index in [2.05, 4.69) is 47.4 Å². The van der Waals surface area contributed by atoms with Crippen molar-refractivity contribution in [2.45, 2.75) is 6.54 Å². The Bertz CT molecular complexity index is 1620. The molecule has 0 radical (unpaired) electrons. The zero-order valence-corrected chi connectivity index (χ0v) is 18.5. The molecule has 164 valence electrons. The van der Waals surface area contributed by atoms with Gasteiger partial charge in [-0.2, -0.15) is 10.1 Å². The van der Waals surface area contributed by atoms with Gasteiger partial charge in [-0.15, -0.1) is 5.10 Å². The van der Waals surface area contributed by atoms with Crippen LogP contribution >= 0.6 is 0 Å². The first kappa shape index (κ1) is 19.4. The van der Waals surface area contributed by atoms with Crippen molar-refractivity contribution in [1.82, 2.24) is 44.2 Å². The normalized spacial score (nSPS) is 11.9. The highest BCUT2D eigenvalue weighted by atomic mass is 15.4. The second-order valence-corrected chi connectivity index (χ2v) is 8.32. The van der Waals surface area contributed by atoms with Crippen molar-refractivity contribution in [1.29, 1.82) is 0 Å². The minimum atomic E-state index is 0.499. The fourth-order valence-electron chi connectivity index (χ4n) is 4.03. The molecule has 0 aliphatic carbocycles. The van der Waals surface area contributed by atoms with Gasteiger partial charge in [0.15, 0.2) is 5.65 Å². The number of nitrogens with zero attached hydrogens (tertiary/aromatic N) is 8. The number of aromatic nitrogens is 8. The molecule has 0 amide bonds. The number of hydrogen-bond donors (Lipinski definition) is 2. The topological polar surface area (TPSA) is 105 Å². The quantitative estimate of drug-likeness (QED) is 0.425. The van der Waals surface area contributed by atoms with Crippen LogP contribution in [0.15, 0.2) is 55.0 Å². The molecule has 0 fully saturated rings. The van der Waals surface area contributed by atoms with Gasteiger partial charge < -0.3 is 15.2 Å². The summed E-state index contributed by atoms with van der Waals surface area (Å²) in [4.78, 5) is 19.1. The van der Waals surface area contributed by atoms with E-state index in [1.54, 1.807) is 16.9 Å². The van der Waals surface area contributed by atoms with E-state index >= 15 is 0 Å². The Morgan fingerprint density at radius 3 is 2.82 bits per heavy atom. The lowest BCUT2D eigenvalue weighted by molar-refractivity contribution is 0.392. The molecule has 10 heteroatoms. The number of H-pyrrole nitrogens is 1. The van der Waals surface area contributed by atoms with E-state index in [4.69, 9.17) is 5.10 Å². The number of rotatable bonds is 5. The SMILES string of the molecule is CN(C)Cc1nc2ccc(Nc3nc4cncc(-c5ccc6c(cnn6C)c5)n4n3)cc2[nH]1. The molecule has 0 saturated carbocycles. The van der Waals surface area contributed by atoms with Crippen LogP contribution in [0.5, 0.6) is 0 Å². The Morgan fingerprint density at radius 1 is 1.03 bits per heavy atom. The predicted molar refractivity (Wildman–Crippen MR) is 127 cm³/mol. The third-order valence-electron chi connectivity index (χ3n) is 5.54. The van der Waals surface area contributed by atoms with Gasteiger partial charge in [0.25, 0.3) is 0 Å². The molecule has 4 heterocycles. The first-order valence-electron chi connectivity index (χ1n) is 10.6. The smallest absolute Gasteiger partial charge is 0.247 e. The van der Waals surface area contributed by atoms with E-state index in [0.717, 1.165) is 51.3 Å². The predicted octanol–water partition coefficient (Wildman–Crippen LogP) is 3.36. The zero-order valence-electron chi connectivity index (χ0n) is 18.5. The summed E-state index contributed by atoms with van der Waals surface area (Å²) in [6.07, 6.45) is 5.36. The molecule has 33 heavy (non-hydrogen) atoms. The Kier molecular flexibility index (Phi) is 4.34. The van der Waals surface area contributed by atoms with Crippen LogP contribution in [-0.2, 0) is 13.6 Å². The van der Waals surface area contributed by atoms with Crippen LogP contribution in [-0.4, -0.2) is 58.3 Å². The molecule has 4 aromatic heterocycles. The van der Waals surface area contributed by atoms with E-state index in [0.29, 0.717) is 11.6 Å². The number of benzene rings is 2. The Hall–Kier alpha value is -4.31. The third kappa shape index (κ3) is 3.46. The fraction of sp³-hybridized carbons (Fsp3) is 0.174. The number of imidazole rings is 1. The Balaban J connectivity index is 1.34. The van der Waals surface area contributed by atoms with Crippen LogP contribution in [0.3, 0.4) is 0 Å². The Morgan fingerprint density at radius 2 is 1.94 bits per heavy atom. The van der Waals surface area contributed by atoms with Gasteiger partial charge in [-0.3, -0.25) is 9.67 Å². The summed E-state index contributed by atoms with van der Waals surface area (Å²) < 4.78 is 3.66. The molecule has 0 aliphatic heterocycles. The van der Waals surface area contributed by atoms with Gasteiger partial charge in [-0.05, 0) is 44.4 Å². The number of aromatic amines is 1. The van der Waals surface area contributed by atoms with E-state index in [-0.39, 0.29) is 0 Å². The van der Waals surface area contributed by atoms with Crippen molar-refractivity contribution in [3.63, 3.8) is 0 Å². The number of anilines is 2. The summed E-state index contributed by atoms with van der Waals surface area (Å²) in [5, 5.41) is 13.4. The summed E-state index contributed by atoms with van der Waals surface area (Å²) >= 11 is 0. The van der Waals surface area contributed by atoms with Crippen molar-refractivity contribution in [3.05, 3.63) is 60.8 Å². The lowest BCUT2D eigenvalue weighted by Crippen LogP contribution is -2.11. The molecule has 0 aliphatic rings. The number of nitrogens with one attached hydrogen (secondary N) is 2. The lowest BCUT2D eigenvalue weighted by atomic mass is 10.1. The minimum Gasteiger partial charge on any atom is -0.341 e. The molecule has 10 nitrogen and oxygen atoms in total. The van der Waals surface area contributed by atoms with Gasteiger partial charge in [0, 0.05) is 23.7 Å². The minimum absolute atomic E-state index is 0.499. The highest BCUT2D eigenvalue weighted by Crippen LogP contribution is 2.25. The molecule has 0 bridgehead atoms. The molecule has 6 rings (SSSR count). The summed E-state index contributed by atoms with van der Waals surface area (Å²) in [5.74, 6) is 1.43. The molecule has 0 unspecified atom stereocenters. The maximum Gasteiger partial charge on any atom is 0.247 e. The molecule has 0 spiro atoms. The highest BCUT2D eigenvalue weighted by Gasteiger charge is 2.12. The fourth-order valence-corrected chi connectivity index (χ4v) is 4.03. The number of fused-ring (bicyclic) bond motifs is 3. The van der Waals surface area contributed by atoms with Crippen LogP contribution in [0.25, 0.3) is 38.8 Å². The lowest BCUT2D eigenvalue weighted by Gasteiger charge is -2.05. The average Bonchev–Trinajstić information content (AvgIpc) is 3.48. The molecule has 2 N–H and O–H groups in total. The standard InChI is InChI=1S/C23H22N10/c1-31(2)13-21-27-17-6-5-16(9-18(17)28-21)26-23-29-22-12-24-11-20(33(22)30-23)14-4-7-19-15(8-14)10-25-32(19)3/h4-12H,13H2,1-3H3,(H,26,30)(H,27,28). The highest BCUT2D eigenvalue weighted by molar-refractivity contribution is 5.84. The number of aryl methyl sites for hydroxylation is 1. The van der Waals surface area contributed by atoms with Crippen LogP contribution in [0.2, 0.25) is 0 Å². The van der Waals surface area contributed by atoms with Crippen LogP contribution in [0.1, 0.15) is 5.82 Å². The summed E-state index contributed by atoms with van der Waals surface area (Å²) in [6, 6.07) is 12.2. The molecular weight excluding hydrogens is 416 g/mol. The maximum atomic E-state index is 4.70. The summed E-state index contributed by atoms with van der Waals surface area (Å²) in [7, 11) is 5.98. The molecule has 2 aromatic carbocycles.